The van der Waals surface area contributed by atoms with Gasteiger partial charge in [0.1, 0.15) is 5.01 Å². The van der Waals surface area contributed by atoms with E-state index in [1.54, 1.807) is 18.4 Å². The van der Waals surface area contributed by atoms with Gasteiger partial charge >= 0.3 is 0 Å². The lowest BCUT2D eigenvalue weighted by atomic mass is 9.92. The van der Waals surface area contributed by atoms with Crippen LogP contribution >= 0.6 is 11.3 Å². The van der Waals surface area contributed by atoms with Crippen LogP contribution in [-0.2, 0) is 15.7 Å². The highest BCUT2D eigenvalue weighted by Crippen LogP contribution is 2.47. The maximum absolute atomic E-state index is 5.51. The molecular weight excluding hydrogens is 256 g/mol. The molecule has 1 aromatic heterocycles. The third-order valence-corrected chi connectivity index (χ3v) is 4.81. The molecule has 0 aliphatic heterocycles. The van der Waals surface area contributed by atoms with Gasteiger partial charge in [-0.2, -0.15) is 0 Å². The van der Waals surface area contributed by atoms with Crippen molar-refractivity contribution in [3.63, 3.8) is 0 Å². The molecule has 1 unspecified atom stereocenters. The number of thiazole rings is 1. The van der Waals surface area contributed by atoms with E-state index in [1.165, 1.54) is 23.5 Å². The van der Waals surface area contributed by atoms with Gasteiger partial charge in [0.05, 0.1) is 17.8 Å². The average Bonchev–Trinajstić information content (AvgIpc) is 3.04. The van der Waals surface area contributed by atoms with E-state index in [4.69, 9.17) is 9.72 Å². The van der Waals surface area contributed by atoms with Crippen molar-refractivity contribution in [3.05, 3.63) is 16.1 Å². The van der Waals surface area contributed by atoms with Crippen molar-refractivity contribution >= 4 is 11.3 Å². The first-order chi connectivity index (χ1) is 8.94. The van der Waals surface area contributed by atoms with Gasteiger partial charge in [0.25, 0.3) is 0 Å². The van der Waals surface area contributed by atoms with E-state index in [1.807, 2.05) is 0 Å². The topological polar surface area (TPSA) is 34.1 Å². The van der Waals surface area contributed by atoms with Crippen LogP contribution in [0.15, 0.2) is 5.38 Å². The van der Waals surface area contributed by atoms with Crippen molar-refractivity contribution in [1.82, 2.24) is 10.3 Å². The predicted molar refractivity (Wildman–Crippen MR) is 80.8 cm³/mol. The smallest absolute Gasteiger partial charge is 0.116 e. The van der Waals surface area contributed by atoms with Crippen molar-refractivity contribution < 1.29 is 4.74 Å². The van der Waals surface area contributed by atoms with Gasteiger partial charge in [0.15, 0.2) is 0 Å². The summed E-state index contributed by atoms with van der Waals surface area (Å²) in [5, 5.41) is 7.07. The van der Waals surface area contributed by atoms with Crippen LogP contribution in [0.3, 0.4) is 0 Å². The molecule has 0 bridgehead atoms. The van der Waals surface area contributed by atoms with Crippen LogP contribution in [0.5, 0.6) is 0 Å². The van der Waals surface area contributed by atoms with Gasteiger partial charge in [-0.15, -0.1) is 11.3 Å². The van der Waals surface area contributed by atoms with Crippen LogP contribution in [0, 0.1) is 5.92 Å². The summed E-state index contributed by atoms with van der Waals surface area (Å²) in [4.78, 5) is 4.93. The van der Waals surface area contributed by atoms with Crippen molar-refractivity contribution in [3.8, 4) is 0 Å². The molecule has 1 saturated carbocycles. The summed E-state index contributed by atoms with van der Waals surface area (Å²) >= 11 is 1.78. The first-order valence-electron chi connectivity index (χ1n) is 7.14. The van der Waals surface area contributed by atoms with Gasteiger partial charge in [0.2, 0.25) is 0 Å². The summed E-state index contributed by atoms with van der Waals surface area (Å²) in [7, 11) is 1.78. The summed E-state index contributed by atoms with van der Waals surface area (Å²) in [6.45, 7) is 10.5. The fourth-order valence-corrected chi connectivity index (χ4v) is 3.86. The zero-order valence-electron chi connectivity index (χ0n) is 12.7. The van der Waals surface area contributed by atoms with Gasteiger partial charge in [-0.1, -0.05) is 27.7 Å². The molecule has 0 amide bonds. The Labute approximate surface area is 120 Å². The minimum atomic E-state index is -0.0718. The lowest BCUT2D eigenvalue weighted by molar-refractivity contribution is 0.0935. The lowest BCUT2D eigenvalue weighted by Gasteiger charge is -2.32. The highest BCUT2D eigenvalue weighted by atomic mass is 32.1. The summed E-state index contributed by atoms with van der Waals surface area (Å²) in [5.74, 6) is 0.673. The van der Waals surface area contributed by atoms with Crippen LogP contribution in [0.25, 0.3) is 0 Å². The van der Waals surface area contributed by atoms with Crippen molar-refractivity contribution in [2.75, 3.05) is 20.3 Å². The number of nitrogens with one attached hydrogen (secondary N) is 1. The monoisotopic (exact) mass is 282 g/mol. The Balaban J connectivity index is 2.34. The van der Waals surface area contributed by atoms with E-state index in [-0.39, 0.29) is 11.0 Å². The molecule has 0 radical (unpaired) electrons. The van der Waals surface area contributed by atoms with Gasteiger partial charge < -0.3 is 10.1 Å². The molecule has 1 atom stereocenters. The molecule has 1 N–H and O–H groups in total. The minimum absolute atomic E-state index is 0.0718. The van der Waals surface area contributed by atoms with Crippen molar-refractivity contribution in [2.24, 2.45) is 5.92 Å². The molecule has 2 rings (SSSR count). The zero-order valence-corrected chi connectivity index (χ0v) is 13.6. The number of aromatic nitrogens is 1. The van der Waals surface area contributed by atoms with E-state index < -0.39 is 0 Å². The zero-order chi connectivity index (χ0) is 14.1. The van der Waals surface area contributed by atoms with E-state index in [0.717, 1.165) is 6.54 Å². The molecule has 1 fully saturated rings. The molecule has 0 saturated heterocycles. The molecule has 4 heteroatoms. The molecule has 1 aliphatic carbocycles. The number of rotatable bonds is 6. The third kappa shape index (κ3) is 3.01. The van der Waals surface area contributed by atoms with Gasteiger partial charge in [0, 0.05) is 17.9 Å². The Kier molecular flexibility index (Phi) is 4.33. The second-order valence-electron chi connectivity index (χ2n) is 6.50. The first kappa shape index (κ1) is 14.9. The van der Waals surface area contributed by atoms with Crippen LogP contribution in [0.2, 0.25) is 0 Å². The van der Waals surface area contributed by atoms with Crippen LogP contribution in [0.4, 0.5) is 0 Å². The fraction of sp³-hybridized carbons (Fsp3) is 0.800. The average molecular weight is 282 g/mol. The standard InChI is InChI=1S/C15H26N2OS/c1-6-16-15(10-18-5,11-7-8-11)13-17-12(9-19-13)14(2,3)4/h9,11,16H,6-8,10H2,1-5H3. The van der Waals surface area contributed by atoms with Crippen molar-refractivity contribution in [1.29, 1.82) is 0 Å². The molecule has 19 heavy (non-hydrogen) atoms. The van der Waals surface area contributed by atoms with Crippen LogP contribution in [-0.4, -0.2) is 25.2 Å². The van der Waals surface area contributed by atoms with E-state index >= 15 is 0 Å². The number of likely N-dealkylation sites (N-methyl/N-ethyl adjacent to an activating group) is 1. The molecule has 3 nitrogen and oxygen atoms in total. The lowest BCUT2D eigenvalue weighted by Crippen LogP contribution is -2.48. The highest BCUT2D eigenvalue weighted by molar-refractivity contribution is 7.09. The quantitative estimate of drug-likeness (QED) is 0.869. The summed E-state index contributed by atoms with van der Waals surface area (Å²) in [6.07, 6.45) is 2.56. The second-order valence-corrected chi connectivity index (χ2v) is 7.35. The van der Waals surface area contributed by atoms with Gasteiger partial charge in [-0.3, -0.25) is 0 Å². The normalized spacial score (nSPS) is 19.4. The van der Waals surface area contributed by atoms with E-state index in [2.05, 4.69) is 38.4 Å². The molecule has 1 aliphatic rings. The fourth-order valence-electron chi connectivity index (χ4n) is 2.57. The molecule has 0 spiro atoms. The van der Waals surface area contributed by atoms with Crippen LogP contribution < -0.4 is 5.32 Å². The number of ether oxygens (including phenoxy) is 1. The van der Waals surface area contributed by atoms with Crippen LogP contribution in [0.1, 0.15) is 51.2 Å². The van der Waals surface area contributed by atoms with Crippen molar-refractivity contribution in [2.45, 2.75) is 51.5 Å². The largest absolute Gasteiger partial charge is 0.382 e. The maximum Gasteiger partial charge on any atom is 0.116 e. The Morgan fingerprint density at radius 1 is 1.42 bits per heavy atom. The number of hydrogen-bond donors (Lipinski definition) is 1. The highest BCUT2D eigenvalue weighted by Gasteiger charge is 2.48. The minimum Gasteiger partial charge on any atom is -0.382 e. The SMILES string of the molecule is CCNC(COC)(c1nc(C(C)(C)C)cs1)C1CC1. The summed E-state index contributed by atoms with van der Waals surface area (Å²) in [5.41, 5.74) is 1.23. The molecular formula is C15H26N2OS. The first-order valence-corrected chi connectivity index (χ1v) is 8.02. The van der Waals surface area contributed by atoms with E-state index in [0.29, 0.717) is 12.5 Å². The Morgan fingerprint density at radius 2 is 2.11 bits per heavy atom. The second kappa shape index (κ2) is 5.51. The number of methoxy groups -OCH3 is 1. The molecule has 108 valence electrons. The Morgan fingerprint density at radius 3 is 2.53 bits per heavy atom. The summed E-state index contributed by atoms with van der Waals surface area (Å²) in [6, 6.07) is 0. The molecule has 1 aromatic rings. The third-order valence-electron chi connectivity index (χ3n) is 3.79. The summed E-state index contributed by atoms with van der Waals surface area (Å²) < 4.78 is 5.51. The Hall–Kier alpha value is -0.450. The Bertz CT molecular complexity index is 412. The van der Waals surface area contributed by atoms with Gasteiger partial charge in [-0.25, -0.2) is 4.98 Å². The number of hydrogen-bond acceptors (Lipinski definition) is 4. The predicted octanol–water partition coefficient (Wildman–Crippen LogP) is 3.30. The number of nitrogens with zero attached hydrogens (tertiary/aromatic N) is 1. The molecule has 1 heterocycles. The van der Waals surface area contributed by atoms with E-state index in [9.17, 15) is 0 Å². The molecule has 0 aromatic carbocycles. The van der Waals surface area contributed by atoms with Gasteiger partial charge in [-0.05, 0) is 25.3 Å². The maximum atomic E-state index is 5.51.